The van der Waals surface area contributed by atoms with Crippen LogP contribution in [-0.2, 0) is 16.8 Å². The third-order valence-electron chi connectivity index (χ3n) is 6.44. The van der Waals surface area contributed by atoms with Crippen LogP contribution in [0.2, 0.25) is 0 Å². The van der Waals surface area contributed by atoms with Crippen molar-refractivity contribution in [2.24, 2.45) is 0 Å². The molecule has 1 fully saturated rings. The number of amides is 2. The average molecular weight is 478 g/mol. The van der Waals surface area contributed by atoms with Crippen molar-refractivity contribution in [1.82, 2.24) is 30.0 Å². The Balaban J connectivity index is 1.52. The number of nitrogens with one attached hydrogen (secondary N) is 3. The van der Waals surface area contributed by atoms with E-state index in [1.54, 1.807) is 4.90 Å². The first-order valence-corrected chi connectivity index (χ1v) is 12.0. The molecule has 35 heavy (non-hydrogen) atoms. The van der Waals surface area contributed by atoms with Gasteiger partial charge in [0.1, 0.15) is 11.5 Å². The van der Waals surface area contributed by atoms with Crippen molar-refractivity contribution in [3.63, 3.8) is 0 Å². The number of aryl methyl sites for hydroxylation is 1. The lowest BCUT2D eigenvalue weighted by Crippen LogP contribution is -2.60. The van der Waals surface area contributed by atoms with Crippen molar-refractivity contribution in [2.45, 2.75) is 65.6 Å². The number of carbonyl (C=O) groups is 2. The summed E-state index contributed by atoms with van der Waals surface area (Å²) < 4.78 is 1.97. The van der Waals surface area contributed by atoms with Crippen molar-refractivity contribution in [2.75, 3.05) is 18.4 Å². The van der Waals surface area contributed by atoms with Crippen LogP contribution in [0, 0.1) is 6.92 Å². The molecule has 3 aromatic rings. The van der Waals surface area contributed by atoms with E-state index in [1.165, 1.54) is 11.6 Å². The van der Waals surface area contributed by atoms with Crippen molar-refractivity contribution >= 4 is 28.5 Å². The molecule has 1 aliphatic heterocycles. The zero-order valence-electron chi connectivity index (χ0n) is 21.4. The molecule has 0 unspecified atom stereocenters. The SMILES string of the molecule is C=CC(=O)N1CC(NC(=O)c2c(C)nc(CNc3n[nH]c4ccc(C(C)(C)C)cc34)n2C(C)C)C1. The Morgan fingerprint density at radius 1 is 1.29 bits per heavy atom. The van der Waals surface area contributed by atoms with Gasteiger partial charge in [0.15, 0.2) is 5.82 Å². The van der Waals surface area contributed by atoms with Crippen molar-refractivity contribution in [3.05, 3.63) is 53.6 Å². The first kappa shape index (κ1) is 24.5. The van der Waals surface area contributed by atoms with Crippen molar-refractivity contribution in [3.8, 4) is 0 Å². The van der Waals surface area contributed by atoms with E-state index in [9.17, 15) is 9.59 Å². The van der Waals surface area contributed by atoms with E-state index in [0.29, 0.717) is 31.0 Å². The monoisotopic (exact) mass is 477 g/mol. The average Bonchev–Trinajstić information content (AvgIpc) is 3.33. The van der Waals surface area contributed by atoms with Crippen LogP contribution in [0.5, 0.6) is 0 Å². The Bertz CT molecular complexity index is 1270. The fourth-order valence-electron chi connectivity index (χ4n) is 4.47. The van der Waals surface area contributed by atoms with Gasteiger partial charge in [-0.25, -0.2) is 4.98 Å². The van der Waals surface area contributed by atoms with E-state index in [4.69, 9.17) is 4.98 Å². The molecule has 0 atom stereocenters. The number of hydrogen-bond acceptors (Lipinski definition) is 5. The predicted molar refractivity (Wildman–Crippen MR) is 138 cm³/mol. The quantitative estimate of drug-likeness (QED) is 0.450. The van der Waals surface area contributed by atoms with Crippen molar-refractivity contribution in [1.29, 1.82) is 0 Å². The van der Waals surface area contributed by atoms with Gasteiger partial charge in [0.2, 0.25) is 5.91 Å². The molecule has 1 aromatic carbocycles. The predicted octanol–water partition coefficient (Wildman–Crippen LogP) is 3.68. The van der Waals surface area contributed by atoms with Gasteiger partial charge < -0.3 is 20.1 Å². The maximum atomic E-state index is 13.2. The van der Waals surface area contributed by atoms with Crippen LogP contribution in [0.15, 0.2) is 30.9 Å². The number of nitrogens with zero attached hydrogens (tertiary/aromatic N) is 4. The first-order chi connectivity index (χ1) is 16.5. The second-order valence-electron chi connectivity index (χ2n) is 10.5. The second-order valence-corrected chi connectivity index (χ2v) is 10.5. The Morgan fingerprint density at radius 3 is 2.63 bits per heavy atom. The molecule has 4 rings (SSSR count). The smallest absolute Gasteiger partial charge is 0.270 e. The van der Waals surface area contributed by atoms with Gasteiger partial charge >= 0.3 is 0 Å². The summed E-state index contributed by atoms with van der Waals surface area (Å²) in [6.07, 6.45) is 1.29. The number of rotatable bonds is 7. The largest absolute Gasteiger partial charge is 0.361 e. The molecular weight excluding hydrogens is 442 g/mol. The standard InChI is InChI=1S/C26H35N7O2/c1-8-22(34)32-13-18(14-32)29-25(35)23-16(4)28-21(33(23)15(2)3)12-27-24-19-11-17(26(5,6)7)9-10-20(19)30-31-24/h8-11,15,18H,1,12-14H2,2-7H3,(H,29,35)(H2,27,30,31). The highest BCUT2D eigenvalue weighted by Gasteiger charge is 2.32. The summed E-state index contributed by atoms with van der Waals surface area (Å²) in [5, 5.41) is 15.0. The number of carbonyl (C=O) groups excluding carboxylic acids is 2. The highest BCUT2D eigenvalue weighted by atomic mass is 16.2. The van der Waals surface area contributed by atoms with Gasteiger partial charge in [0.05, 0.1) is 23.8 Å². The third kappa shape index (κ3) is 4.80. The van der Waals surface area contributed by atoms with Gasteiger partial charge in [-0.1, -0.05) is 33.4 Å². The number of hydrogen-bond donors (Lipinski definition) is 3. The maximum Gasteiger partial charge on any atom is 0.270 e. The van der Waals surface area contributed by atoms with Crippen LogP contribution in [0.25, 0.3) is 10.9 Å². The van der Waals surface area contributed by atoms with Gasteiger partial charge in [-0.2, -0.15) is 5.10 Å². The minimum absolute atomic E-state index is 0.0342. The zero-order valence-corrected chi connectivity index (χ0v) is 21.4. The van der Waals surface area contributed by atoms with Crippen molar-refractivity contribution < 1.29 is 9.59 Å². The molecule has 0 spiro atoms. The molecule has 3 N–H and O–H groups in total. The van der Waals surface area contributed by atoms with Gasteiger partial charge in [-0.05, 0) is 50.0 Å². The summed E-state index contributed by atoms with van der Waals surface area (Å²) >= 11 is 0. The molecular formula is C26H35N7O2. The number of fused-ring (bicyclic) bond motifs is 1. The Hall–Kier alpha value is -3.62. The number of imidazole rings is 1. The van der Waals surface area contributed by atoms with Crippen LogP contribution in [0.4, 0.5) is 5.82 Å². The second kappa shape index (κ2) is 9.20. The number of benzene rings is 1. The number of H-pyrrole nitrogens is 1. The number of aromatic nitrogens is 4. The van der Waals surface area contributed by atoms with Gasteiger partial charge in [-0.15, -0.1) is 0 Å². The lowest BCUT2D eigenvalue weighted by molar-refractivity contribution is -0.130. The summed E-state index contributed by atoms with van der Waals surface area (Å²) in [5.74, 6) is 1.23. The summed E-state index contributed by atoms with van der Waals surface area (Å²) in [4.78, 5) is 31.2. The van der Waals surface area contributed by atoms with Crippen LogP contribution in [0.1, 0.15) is 68.2 Å². The van der Waals surface area contributed by atoms with Gasteiger partial charge in [0.25, 0.3) is 5.91 Å². The lowest BCUT2D eigenvalue weighted by atomic mass is 9.86. The van der Waals surface area contributed by atoms with Crippen LogP contribution < -0.4 is 10.6 Å². The Labute approximate surface area is 206 Å². The third-order valence-corrected chi connectivity index (χ3v) is 6.44. The van der Waals surface area contributed by atoms with E-state index >= 15 is 0 Å². The Kier molecular flexibility index (Phi) is 6.44. The van der Waals surface area contributed by atoms with Gasteiger partial charge in [-0.3, -0.25) is 14.7 Å². The molecule has 0 aliphatic carbocycles. The molecule has 1 aliphatic rings. The van der Waals surface area contributed by atoms with E-state index in [1.807, 2.05) is 25.3 Å². The van der Waals surface area contributed by atoms with Gasteiger partial charge in [0, 0.05) is 24.5 Å². The van der Waals surface area contributed by atoms with E-state index in [-0.39, 0.29) is 29.3 Å². The minimum Gasteiger partial charge on any atom is -0.361 e. The fraction of sp³-hybridized carbons (Fsp3) is 0.462. The highest BCUT2D eigenvalue weighted by Crippen LogP contribution is 2.29. The normalized spacial score (nSPS) is 14.3. The van der Waals surface area contributed by atoms with E-state index in [2.05, 4.69) is 66.4 Å². The molecule has 2 aromatic heterocycles. The van der Waals surface area contributed by atoms with E-state index in [0.717, 1.165) is 22.5 Å². The van der Waals surface area contributed by atoms with Crippen LogP contribution in [-0.4, -0.2) is 55.6 Å². The molecule has 3 heterocycles. The molecule has 1 saturated heterocycles. The number of likely N-dealkylation sites (tertiary alicyclic amines) is 1. The minimum atomic E-state index is -0.175. The highest BCUT2D eigenvalue weighted by molar-refractivity contribution is 5.95. The molecule has 0 bridgehead atoms. The summed E-state index contributed by atoms with van der Waals surface area (Å²) in [7, 11) is 0. The zero-order chi connectivity index (χ0) is 25.5. The fourth-order valence-corrected chi connectivity index (χ4v) is 4.47. The molecule has 9 nitrogen and oxygen atoms in total. The molecule has 2 amide bonds. The maximum absolute atomic E-state index is 13.2. The molecule has 0 radical (unpaired) electrons. The number of anilines is 1. The van der Waals surface area contributed by atoms with Crippen LogP contribution in [0.3, 0.4) is 0 Å². The molecule has 186 valence electrons. The lowest BCUT2D eigenvalue weighted by Gasteiger charge is -2.39. The first-order valence-electron chi connectivity index (χ1n) is 12.0. The summed E-state index contributed by atoms with van der Waals surface area (Å²) in [6.45, 7) is 17.4. The number of aromatic amines is 1. The summed E-state index contributed by atoms with van der Waals surface area (Å²) in [6, 6.07) is 6.31. The molecule has 0 saturated carbocycles. The summed E-state index contributed by atoms with van der Waals surface area (Å²) in [5.41, 5.74) is 3.46. The van der Waals surface area contributed by atoms with Crippen LogP contribution >= 0.6 is 0 Å². The topological polar surface area (TPSA) is 108 Å². The van der Waals surface area contributed by atoms with E-state index < -0.39 is 0 Å². The Morgan fingerprint density at radius 2 is 2.00 bits per heavy atom. The molecule has 9 heteroatoms.